The van der Waals surface area contributed by atoms with E-state index in [1.807, 2.05) is 36.5 Å². The van der Waals surface area contributed by atoms with Gasteiger partial charge in [0, 0.05) is 48.4 Å². The summed E-state index contributed by atoms with van der Waals surface area (Å²) in [7, 11) is 3.36. The average Bonchev–Trinajstić information content (AvgIpc) is 3.64. The van der Waals surface area contributed by atoms with Gasteiger partial charge in [-0.25, -0.2) is 0 Å². The topological polar surface area (TPSA) is 111 Å². The van der Waals surface area contributed by atoms with Crippen molar-refractivity contribution in [2.75, 3.05) is 20.7 Å². The Kier molecular flexibility index (Phi) is 6.12. The lowest BCUT2D eigenvalue weighted by atomic mass is 10.1. The van der Waals surface area contributed by atoms with E-state index >= 15 is 0 Å². The number of H-pyrrole nitrogens is 1. The molecule has 178 valence electrons. The quantitative estimate of drug-likeness (QED) is 0.339. The van der Waals surface area contributed by atoms with Crippen molar-refractivity contribution in [2.45, 2.75) is 12.5 Å². The Morgan fingerprint density at radius 1 is 1.20 bits per heavy atom. The van der Waals surface area contributed by atoms with E-state index in [1.165, 1.54) is 4.90 Å². The number of nitrogens with two attached hydrogens (primary N) is 1. The zero-order valence-corrected chi connectivity index (χ0v) is 19.5. The first-order valence-corrected chi connectivity index (χ1v) is 11.3. The standard InChI is InChI=1S/C27H26N4O4/c1-31(2)27(32)25-8-7-24(35-25)22-12-20(14-30-26(22)17-9-10-33-15-17)34-16-19(28)11-18-13-29-23-6-4-3-5-21(18)23/h3-10,12-15,19,29H,11,16,28H2,1-2H3/t19-/m0/s1. The molecule has 1 aromatic carbocycles. The van der Waals surface area contributed by atoms with E-state index in [-0.39, 0.29) is 17.7 Å². The summed E-state index contributed by atoms with van der Waals surface area (Å²) < 4.78 is 17.1. The zero-order valence-electron chi connectivity index (χ0n) is 19.5. The number of carbonyl (C=O) groups is 1. The SMILES string of the molecule is CN(C)C(=O)c1ccc(-c2cc(OC[C@@H](N)Cc3c[nH]c4ccccc34)cnc2-c2ccoc2)o1. The molecule has 4 aromatic heterocycles. The fourth-order valence-corrected chi connectivity index (χ4v) is 4.00. The Balaban J connectivity index is 1.37. The maximum Gasteiger partial charge on any atom is 0.289 e. The number of ether oxygens (including phenoxy) is 1. The zero-order chi connectivity index (χ0) is 24.4. The van der Waals surface area contributed by atoms with Gasteiger partial charge in [0.25, 0.3) is 5.91 Å². The summed E-state index contributed by atoms with van der Waals surface area (Å²) in [6.07, 6.45) is 7.51. The van der Waals surface area contributed by atoms with Gasteiger partial charge < -0.3 is 29.2 Å². The third-order valence-electron chi connectivity index (χ3n) is 5.77. The van der Waals surface area contributed by atoms with Crippen LogP contribution in [-0.2, 0) is 6.42 Å². The number of benzene rings is 1. The Bertz CT molecular complexity index is 1450. The minimum atomic E-state index is -0.218. The maximum atomic E-state index is 12.3. The summed E-state index contributed by atoms with van der Waals surface area (Å²) in [4.78, 5) is 21.7. The molecule has 1 atom stereocenters. The second-order valence-electron chi connectivity index (χ2n) is 8.58. The van der Waals surface area contributed by atoms with Gasteiger partial charge in [-0.05, 0) is 42.3 Å². The Morgan fingerprint density at radius 2 is 2.06 bits per heavy atom. The van der Waals surface area contributed by atoms with Gasteiger partial charge in [-0.3, -0.25) is 9.78 Å². The van der Waals surface area contributed by atoms with E-state index < -0.39 is 0 Å². The number of carbonyl (C=O) groups excluding carboxylic acids is 1. The molecule has 35 heavy (non-hydrogen) atoms. The van der Waals surface area contributed by atoms with Crippen molar-refractivity contribution < 1.29 is 18.4 Å². The van der Waals surface area contributed by atoms with Crippen molar-refractivity contribution in [3.8, 4) is 28.3 Å². The second-order valence-corrected chi connectivity index (χ2v) is 8.58. The lowest BCUT2D eigenvalue weighted by molar-refractivity contribution is 0.0797. The predicted octanol–water partition coefficient (Wildman–Crippen LogP) is 4.73. The van der Waals surface area contributed by atoms with Gasteiger partial charge in [0.05, 0.1) is 24.4 Å². The monoisotopic (exact) mass is 470 g/mol. The highest BCUT2D eigenvalue weighted by molar-refractivity contribution is 5.92. The van der Waals surface area contributed by atoms with E-state index in [4.69, 9.17) is 19.3 Å². The first-order valence-electron chi connectivity index (χ1n) is 11.3. The number of amides is 1. The van der Waals surface area contributed by atoms with Crippen LogP contribution >= 0.6 is 0 Å². The molecule has 0 aliphatic rings. The predicted molar refractivity (Wildman–Crippen MR) is 133 cm³/mol. The van der Waals surface area contributed by atoms with E-state index in [1.54, 1.807) is 45.0 Å². The van der Waals surface area contributed by atoms with Crippen LogP contribution in [0.2, 0.25) is 0 Å². The molecular formula is C27H26N4O4. The van der Waals surface area contributed by atoms with Gasteiger partial charge in [0.15, 0.2) is 5.76 Å². The van der Waals surface area contributed by atoms with E-state index in [9.17, 15) is 4.79 Å². The number of hydrogen-bond donors (Lipinski definition) is 2. The molecule has 5 rings (SSSR count). The maximum absolute atomic E-state index is 12.3. The lowest BCUT2D eigenvalue weighted by Gasteiger charge is -2.14. The van der Waals surface area contributed by atoms with Gasteiger partial charge in [-0.15, -0.1) is 0 Å². The highest BCUT2D eigenvalue weighted by Gasteiger charge is 2.19. The normalized spacial score (nSPS) is 12.1. The number of aromatic amines is 1. The third kappa shape index (κ3) is 4.69. The minimum Gasteiger partial charge on any atom is -0.490 e. The van der Waals surface area contributed by atoms with Gasteiger partial charge in [-0.1, -0.05) is 18.2 Å². The molecule has 4 heterocycles. The van der Waals surface area contributed by atoms with Crippen LogP contribution in [0.4, 0.5) is 0 Å². The first-order chi connectivity index (χ1) is 17.0. The number of para-hydroxylation sites is 1. The van der Waals surface area contributed by atoms with Crippen molar-refractivity contribution >= 4 is 16.8 Å². The van der Waals surface area contributed by atoms with Crippen LogP contribution in [0.1, 0.15) is 16.1 Å². The molecule has 0 fully saturated rings. The number of nitrogens with one attached hydrogen (secondary N) is 1. The molecule has 8 nitrogen and oxygen atoms in total. The van der Waals surface area contributed by atoms with Gasteiger partial charge >= 0.3 is 0 Å². The molecule has 0 aliphatic heterocycles. The Hall–Kier alpha value is -4.30. The molecule has 8 heteroatoms. The molecule has 0 bridgehead atoms. The molecule has 1 amide bonds. The third-order valence-corrected chi connectivity index (χ3v) is 5.77. The summed E-state index contributed by atoms with van der Waals surface area (Å²) in [6.45, 7) is 0.314. The fraction of sp³-hybridized carbons (Fsp3) is 0.185. The van der Waals surface area contributed by atoms with Crippen LogP contribution in [0.3, 0.4) is 0 Å². The Morgan fingerprint density at radius 3 is 2.86 bits per heavy atom. The Labute approximate surface area is 202 Å². The summed E-state index contributed by atoms with van der Waals surface area (Å²) >= 11 is 0. The summed E-state index contributed by atoms with van der Waals surface area (Å²) in [6, 6.07) is 15.0. The summed E-state index contributed by atoms with van der Waals surface area (Å²) in [5.74, 6) is 1.09. The second kappa shape index (κ2) is 9.52. The van der Waals surface area contributed by atoms with Crippen molar-refractivity contribution in [3.63, 3.8) is 0 Å². The molecule has 0 radical (unpaired) electrons. The molecule has 0 saturated heterocycles. The molecular weight excluding hydrogens is 444 g/mol. The van der Waals surface area contributed by atoms with Gasteiger partial charge in [-0.2, -0.15) is 0 Å². The molecule has 5 aromatic rings. The van der Waals surface area contributed by atoms with Crippen LogP contribution in [0.5, 0.6) is 5.75 Å². The number of fused-ring (bicyclic) bond motifs is 1. The number of hydrogen-bond acceptors (Lipinski definition) is 6. The average molecular weight is 471 g/mol. The smallest absolute Gasteiger partial charge is 0.289 e. The summed E-state index contributed by atoms with van der Waals surface area (Å²) in [5, 5.41) is 1.16. The molecule has 0 aliphatic carbocycles. The lowest BCUT2D eigenvalue weighted by Crippen LogP contribution is -2.30. The number of nitrogens with zero attached hydrogens (tertiary/aromatic N) is 2. The van der Waals surface area contributed by atoms with E-state index in [0.717, 1.165) is 22.0 Å². The van der Waals surface area contributed by atoms with Crippen LogP contribution < -0.4 is 10.5 Å². The number of aromatic nitrogens is 2. The number of furan rings is 2. The van der Waals surface area contributed by atoms with Crippen molar-refractivity contribution in [1.82, 2.24) is 14.9 Å². The van der Waals surface area contributed by atoms with Crippen LogP contribution in [0.15, 0.2) is 82.3 Å². The highest BCUT2D eigenvalue weighted by atomic mass is 16.5. The number of pyridine rings is 1. The van der Waals surface area contributed by atoms with E-state index in [2.05, 4.69) is 16.0 Å². The first kappa shape index (κ1) is 22.5. The van der Waals surface area contributed by atoms with Crippen molar-refractivity contribution in [3.05, 3.63) is 84.8 Å². The van der Waals surface area contributed by atoms with Gasteiger partial charge in [0.1, 0.15) is 18.1 Å². The van der Waals surface area contributed by atoms with Crippen molar-refractivity contribution in [1.29, 1.82) is 0 Å². The molecule has 0 saturated carbocycles. The van der Waals surface area contributed by atoms with Gasteiger partial charge in [0.2, 0.25) is 0 Å². The van der Waals surface area contributed by atoms with E-state index in [0.29, 0.717) is 35.8 Å². The molecule has 0 spiro atoms. The van der Waals surface area contributed by atoms with Crippen LogP contribution in [-0.4, -0.2) is 47.5 Å². The van der Waals surface area contributed by atoms with Crippen molar-refractivity contribution in [2.24, 2.45) is 5.73 Å². The highest BCUT2D eigenvalue weighted by Crippen LogP contribution is 2.34. The largest absolute Gasteiger partial charge is 0.490 e. The van der Waals surface area contributed by atoms with Crippen LogP contribution in [0.25, 0.3) is 33.5 Å². The van der Waals surface area contributed by atoms with Crippen LogP contribution in [0, 0.1) is 0 Å². The number of rotatable bonds is 8. The molecule has 0 unspecified atom stereocenters. The fourth-order valence-electron chi connectivity index (χ4n) is 4.00. The summed E-state index contributed by atoms with van der Waals surface area (Å²) in [5.41, 5.74) is 10.8. The minimum absolute atomic E-state index is 0.209. The molecule has 3 N–H and O–H groups in total.